The first kappa shape index (κ1) is 34.5. The minimum absolute atomic E-state index is 0.00795. The van der Waals surface area contributed by atoms with Crippen LogP contribution in [0.2, 0.25) is 0 Å². The molecule has 1 saturated heterocycles. The molecule has 5 aliphatic rings. The molecule has 0 spiro atoms. The number of aliphatic hydroxyl groups excluding tert-OH is 3. The number of alkyl carbamates (subject to hydrolysis) is 1. The summed E-state index contributed by atoms with van der Waals surface area (Å²) in [6, 6.07) is -1.04. The number of carbonyl (C=O) groups is 4. The topological polar surface area (TPSA) is 218 Å². The maximum absolute atomic E-state index is 14.3. The Hall–Kier alpha value is -2.88. The number of nitrogens with one attached hydrogen (secondary N) is 1. The highest BCUT2D eigenvalue weighted by Crippen LogP contribution is 2.63. The van der Waals surface area contributed by atoms with Crippen LogP contribution in [0.4, 0.5) is 4.79 Å². The minimum atomic E-state index is -2.20. The zero-order valence-corrected chi connectivity index (χ0v) is 26.7. The summed E-state index contributed by atoms with van der Waals surface area (Å²) in [5.74, 6) is -4.51. The van der Waals surface area contributed by atoms with Crippen molar-refractivity contribution in [2.45, 2.75) is 114 Å². The third-order valence-corrected chi connectivity index (χ3v) is 11.3. The van der Waals surface area contributed by atoms with Crippen molar-refractivity contribution < 1.29 is 63.7 Å². The lowest BCUT2D eigenvalue weighted by molar-refractivity contribution is -0.345. The number of esters is 2. The predicted molar refractivity (Wildman–Crippen MR) is 157 cm³/mol. The van der Waals surface area contributed by atoms with Crippen molar-refractivity contribution in [1.29, 1.82) is 0 Å². The normalized spacial score (nSPS) is 40.9. The van der Waals surface area contributed by atoms with Gasteiger partial charge in [-0.3, -0.25) is 9.59 Å². The highest BCUT2D eigenvalue weighted by molar-refractivity contribution is 5.93. The summed E-state index contributed by atoms with van der Waals surface area (Å²) in [4.78, 5) is 52.6. The SMILES string of the molecule is C=CCOC(=O)N[C@@H](C1CC1)[C@@H](O)C(=O)OC1C[C@@]2(O)[C@@H](OC(C)=O)[C@@H]3[C@]4(O)CO[C@@H]4C[C@H](O)[C@@]3(C)C(=O)[C@H](O)C(=C1C)C2(C)C. The molecular formula is C32H45NO13. The van der Waals surface area contributed by atoms with Gasteiger partial charge in [-0.25, -0.2) is 9.59 Å². The van der Waals surface area contributed by atoms with Crippen molar-refractivity contribution >= 4 is 23.8 Å². The van der Waals surface area contributed by atoms with Crippen molar-refractivity contribution in [3.63, 3.8) is 0 Å². The van der Waals surface area contributed by atoms with E-state index in [4.69, 9.17) is 18.9 Å². The Bertz CT molecular complexity index is 1340. The van der Waals surface area contributed by atoms with Crippen LogP contribution >= 0.6 is 0 Å². The second-order valence-electron chi connectivity index (χ2n) is 14.2. The Labute approximate surface area is 266 Å². The van der Waals surface area contributed by atoms with Gasteiger partial charge in [0.1, 0.15) is 36.1 Å². The molecule has 5 rings (SSSR count). The van der Waals surface area contributed by atoms with Crippen LogP contribution in [0.1, 0.15) is 60.3 Å². The van der Waals surface area contributed by atoms with Gasteiger partial charge in [0, 0.05) is 31.1 Å². The third-order valence-electron chi connectivity index (χ3n) is 11.3. The summed E-state index contributed by atoms with van der Waals surface area (Å²) in [7, 11) is 0. The fraction of sp³-hybridized carbons (Fsp3) is 0.750. The molecule has 1 heterocycles. The van der Waals surface area contributed by atoms with Gasteiger partial charge >= 0.3 is 18.0 Å². The van der Waals surface area contributed by atoms with E-state index >= 15 is 0 Å². The molecule has 0 aromatic carbocycles. The molecule has 4 aliphatic carbocycles. The number of hydrogen-bond acceptors (Lipinski definition) is 13. The van der Waals surface area contributed by atoms with E-state index in [-0.39, 0.29) is 36.7 Å². The van der Waals surface area contributed by atoms with Crippen LogP contribution in [0.25, 0.3) is 0 Å². The van der Waals surface area contributed by atoms with Crippen molar-refractivity contribution in [2.75, 3.05) is 13.2 Å². The molecule has 6 N–H and O–H groups in total. The Morgan fingerprint density at radius 3 is 2.35 bits per heavy atom. The molecule has 11 atom stereocenters. The molecule has 1 amide bonds. The number of hydrogen-bond donors (Lipinski definition) is 6. The summed E-state index contributed by atoms with van der Waals surface area (Å²) in [5, 5.41) is 61.3. The molecule has 0 aromatic rings. The smallest absolute Gasteiger partial charge is 0.407 e. The van der Waals surface area contributed by atoms with Crippen LogP contribution in [-0.4, -0.2) is 116 Å². The molecule has 14 heteroatoms. The van der Waals surface area contributed by atoms with E-state index in [0.29, 0.717) is 12.8 Å². The molecule has 2 bridgehead atoms. The zero-order chi connectivity index (χ0) is 34.1. The second-order valence-corrected chi connectivity index (χ2v) is 14.2. The molecule has 1 unspecified atom stereocenters. The molecule has 14 nitrogen and oxygen atoms in total. The first-order valence-corrected chi connectivity index (χ1v) is 15.6. The van der Waals surface area contributed by atoms with Gasteiger partial charge in [0.05, 0.1) is 30.3 Å². The van der Waals surface area contributed by atoms with Crippen molar-refractivity contribution in [3.05, 3.63) is 23.8 Å². The molecule has 4 fully saturated rings. The van der Waals surface area contributed by atoms with Crippen LogP contribution in [0, 0.1) is 22.7 Å². The lowest BCUT2D eigenvalue weighted by Gasteiger charge is -2.66. The molecule has 0 aromatic heterocycles. The summed E-state index contributed by atoms with van der Waals surface area (Å²) in [6.07, 6.45) is -7.93. The summed E-state index contributed by atoms with van der Waals surface area (Å²) in [5.41, 5.74) is -7.23. The van der Waals surface area contributed by atoms with E-state index in [0.717, 1.165) is 6.92 Å². The van der Waals surface area contributed by atoms with Gasteiger partial charge in [0.25, 0.3) is 0 Å². The highest BCUT2D eigenvalue weighted by atomic mass is 16.6. The van der Waals surface area contributed by atoms with Gasteiger partial charge in [-0.05, 0) is 43.8 Å². The van der Waals surface area contributed by atoms with E-state index < -0.39 is 101 Å². The van der Waals surface area contributed by atoms with Crippen LogP contribution in [0.15, 0.2) is 23.8 Å². The van der Waals surface area contributed by atoms with Gasteiger partial charge in [0.15, 0.2) is 11.9 Å². The highest BCUT2D eigenvalue weighted by Gasteiger charge is 2.76. The fourth-order valence-electron chi connectivity index (χ4n) is 8.38. The molecular weight excluding hydrogens is 606 g/mol. The number of rotatable bonds is 8. The van der Waals surface area contributed by atoms with Crippen molar-refractivity contribution in [1.82, 2.24) is 5.32 Å². The van der Waals surface area contributed by atoms with Crippen molar-refractivity contribution in [2.24, 2.45) is 22.7 Å². The number of amides is 1. The zero-order valence-electron chi connectivity index (χ0n) is 26.7. The maximum Gasteiger partial charge on any atom is 0.407 e. The van der Waals surface area contributed by atoms with E-state index in [1.165, 1.54) is 19.9 Å². The average molecular weight is 652 g/mol. The summed E-state index contributed by atoms with van der Waals surface area (Å²) < 4.78 is 22.0. The number of ketones is 1. The van der Waals surface area contributed by atoms with Gasteiger partial charge < -0.3 is 49.8 Å². The lowest BCUT2D eigenvalue weighted by Crippen LogP contribution is -2.81. The second kappa shape index (κ2) is 11.7. The number of Topliss-reactive ketones (excluding diaryl/α,β-unsaturated/α-hetero) is 1. The van der Waals surface area contributed by atoms with Crippen LogP contribution in [0.3, 0.4) is 0 Å². The van der Waals surface area contributed by atoms with Crippen LogP contribution in [-0.2, 0) is 33.3 Å². The van der Waals surface area contributed by atoms with E-state index in [9.17, 15) is 44.7 Å². The van der Waals surface area contributed by atoms with E-state index in [1.807, 2.05) is 0 Å². The van der Waals surface area contributed by atoms with Gasteiger partial charge in [-0.1, -0.05) is 26.5 Å². The maximum atomic E-state index is 14.3. The number of ether oxygens (including phenoxy) is 4. The Morgan fingerprint density at radius 2 is 1.80 bits per heavy atom. The van der Waals surface area contributed by atoms with Crippen LogP contribution in [0.5, 0.6) is 0 Å². The number of fused-ring (bicyclic) bond motifs is 5. The van der Waals surface area contributed by atoms with Crippen molar-refractivity contribution in [3.8, 4) is 0 Å². The fourth-order valence-corrected chi connectivity index (χ4v) is 8.38. The number of aliphatic hydroxyl groups is 5. The van der Waals surface area contributed by atoms with E-state index in [2.05, 4.69) is 11.9 Å². The van der Waals surface area contributed by atoms with Crippen LogP contribution < -0.4 is 5.32 Å². The predicted octanol–water partition coefficient (Wildman–Crippen LogP) is -0.180. The molecule has 1 aliphatic heterocycles. The Balaban J connectivity index is 1.57. The quantitative estimate of drug-likeness (QED) is 0.114. The third kappa shape index (κ3) is 5.08. The first-order chi connectivity index (χ1) is 21.4. The minimum Gasteiger partial charge on any atom is -0.459 e. The van der Waals surface area contributed by atoms with Gasteiger partial charge in [-0.15, -0.1) is 0 Å². The summed E-state index contributed by atoms with van der Waals surface area (Å²) in [6.45, 7) is 10.2. The monoisotopic (exact) mass is 651 g/mol. The summed E-state index contributed by atoms with van der Waals surface area (Å²) >= 11 is 0. The largest absolute Gasteiger partial charge is 0.459 e. The molecule has 0 radical (unpaired) electrons. The standard InChI is InChI=1S/C32H45NO13/c1-7-10-43-28(40)33-21(16-8-9-16)23(37)27(39)46-17-12-32(42)26(45-15(3)34)24-30(6,18(35)11-19-31(24,41)13-44-19)25(38)22(36)20(14(17)2)29(32,4)5/h7,16-19,21-24,26,35-37,41-42H,1,8-13H2,2-6H3,(H,33,40)/t17?,18-,19+,21-,22+,23+,24-,26-,30+,31-,32+/m0/s1. The molecule has 46 heavy (non-hydrogen) atoms. The number of carbonyl (C=O) groups excluding carboxylic acids is 4. The Morgan fingerprint density at radius 1 is 1.15 bits per heavy atom. The molecule has 3 saturated carbocycles. The Kier molecular flexibility index (Phi) is 8.74. The molecule has 256 valence electrons. The van der Waals surface area contributed by atoms with Gasteiger partial charge in [-0.2, -0.15) is 0 Å². The lowest BCUT2D eigenvalue weighted by atomic mass is 9.45. The van der Waals surface area contributed by atoms with E-state index in [1.54, 1.807) is 13.8 Å². The first-order valence-electron chi connectivity index (χ1n) is 15.6. The average Bonchev–Trinajstić information content (AvgIpc) is 3.82. The van der Waals surface area contributed by atoms with Gasteiger partial charge in [0.2, 0.25) is 0 Å².